The van der Waals surface area contributed by atoms with E-state index in [4.69, 9.17) is 0 Å². The number of unbranched alkanes of at least 4 members (excludes halogenated alkanes) is 1. The summed E-state index contributed by atoms with van der Waals surface area (Å²) in [6.45, 7) is 2.15. The van der Waals surface area contributed by atoms with E-state index in [1.807, 2.05) is 24.3 Å². The minimum Gasteiger partial charge on any atom is -0.225 e. The lowest BCUT2D eigenvalue weighted by Crippen LogP contribution is -1.91. The van der Waals surface area contributed by atoms with Crippen molar-refractivity contribution >= 4 is 0 Å². The monoisotopic (exact) mass is 247 g/mol. The maximum atomic E-state index is 13.1. The molecule has 1 aromatic carbocycles. The number of rotatable bonds is 4. The molecule has 2 aromatic rings. The summed E-state index contributed by atoms with van der Waals surface area (Å²) in [4.78, 5) is 3.39. The largest absolute Gasteiger partial charge is 0.248 e. The Bertz CT molecular complexity index is 521. The fourth-order valence-electron chi connectivity index (χ4n) is 1.82. The first-order chi connectivity index (χ1) is 8.70. The van der Waals surface area contributed by atoms with E-state index >= 15 is 0 Å². The van der Waals surface area contributed by atoms with Crippen molar-refractivity contribution in [1.29, 1.82) is 0 Å². The number of pyridine rings is 1. The van der Waals surface area contributed by atoms with E-state index < -0.39 is 11.8 Å². The molecule has 0 aliphatic rings. The molecule has 3 heteroatoms. The maximum Gasteiger partial charge on any atom is 0.248 e. The number of aryl methyl sites for hydroxylation is 1. The van der Waals surface area contributed by atoms with E-state index in [9.17, 15) is 8.78 Å². The Kier molecular flexibility index (Phi) is 4.03. The zero-order valence-electron chi connectivity index (χ0n) is 10.3. The van der Waals surface area contributed by atoms with Gasteiger partial charge in [0.2, 0.25) is 5.95 Å². The van der Waals surface area contributed by atoms with E-state index in [1.54, 1.807) is 0 Å². The highest BCUT2D eigenvalue weighted by Crippen LogP contribution is 2.21. The van der Waals surface area contributed by atoms with Gasteiger partial charge in [0.05, 0.1) is 0 Å². The predicted octanol–water partition coefficient (Wildman–Crippen LogP) is 4.37. The van der Waals surface area contributed by atoms with Crippen LogP contribution in [0.3, 0.4) is 0 Å². The van der Waals surface area contributed by atoms with Gasteiger partial charge in [-0.3, -0.25) is 0 Å². The van der Waals surface area contributed by atoms with Crippen LogP contribution in [0.25, 0.3) is 11.1 Å². The Balaban J connectivity index is 2.20. The van der Waals surface area contributed by atoms with Crippen LogP contribution in [0, 0.1) is 11.8 Å². The Morgan fingerprint density at radius 1 is 1.06 bits per heavy atom. The number of hydrogen-bond donors (Lipinski definition) is 0. The summed E-state index contributed by atoms with van der Waals surface area (Å²) in [6.07, 6.45) is 4.72. The second kappa shape index (κ2) is 5.71. The van der Waals surface area contributed by atoms with Crippen molar-refractivity contribution in [3.63, 3.8) is 0 Å². The molecule has 94 valence electrons. The van der Waals surface area contributed by atoms with Gasteiger partial charge in [-0.2, -0.15) is 4.39 Å². The second-order valence-electron chi connectivity index (χ2n) is 4.30. The topological polar surface area (TPSA) is 12.9 Å². The summed E-state index contributed by atoms with van der Waals surface area (Å²) in [6, 6.07) is 9.04. The smallest absolute Gasteiger partial charge is 0.225 e. The van der Waals surface area contributed by atoms with Crippen molar-refractivity contribution in [1.82, 2.24) is 4.98 Å². The zero-order chi connectivity index (χ0) is 13.0. The molecule has 0 unspecified atom stereocenters. The minimum atomic E-state index is -1.06. The first-order valence-corrected chi connectivity index (χ1v) is 6.11. The molecule has 0 bridgehead atoms. The molecular formula is C15H15F2N. The summed E-state index contributed by atoms with van der Waals surface area (Å²) >= 11 is 0. The van der Waals surface area contributed by atoms with Crippen LogP contribution in [-0.2, 0) is 6.42 Å². The number of hydrogen-bond acceptors (Lipinski definition) is 1. The third kappa shape index (κ3) is 2.92. The van der Waals surface area contributed by atoms with Gasteiger partial charge >= 0.3 is 0 Å². The van der Waals surface area contributed by atoms with Crippen LogP contribution in [0.1, 0.15) is 25.3 Å². The molecule has 0 fully saturated rings. The van der Waals surface area contributed by atoms with Crippen molar-refractivity contribution in [2.45, 2.75) is 26.2 Å². The van der Waals surface area contributed by atoms with Crippen LogP contribution in [0.15, 0.2) is 36.5 Å². The quantitative estimate of drug-likeness (QED) is 0.731. The van der Waals surface area contributed by atoms with Crippen LogP contribution < -0.4 is 0 Å². The normalized spacial score (nSPS) is 10.6. The lowest BCUT2D eigenvalue weighted by atomic mass is 10.0. The molecule has 1 aromatic heterocycles. The molecule has 0 N–H and O–H groups in total. The zero-order valence-corrected chi connectivity index (χ0v) is 10.3. The molecule has 0 atom stereocenters. The molecule has 2 rings (SSSR count). The van der Waals surface area contributed by atoms with Gasteiger partial charge in [0.25, 0.3) is 0 Å². The molecular weight excluding hydrogens is 232 g/mol. The van der Waals surface area contributed by atoms with E-state index in [-0.39, 0.29) is 0 Å². The van der Waals surface area contributed by atoms with Gasteiger partial charge in [0.1, 0.15) is 0 Å². The van der Waals surface area contributed by atoms with Crippen molar-refractivity contribution in [2.75, 3.05) is 0 Å². The van der Waals surface area contributed by atoms with E-state index in [2.05, 4.69) is 11.9 Å². The molecule has 0 saturated heterocycles. The summed E-state index contributed by atoms with van der Waals surface area (Å²) in [7, 11) is 0. The average molecular weight is 247 g/mol. The van der Waals surface area contributed by atoms with Crippen LogP contribution in [-0.4, -0.2) is 4.98 Å². The molecule has 0 saturated carbocycles. The van der Waals surface area contributed by atoms with Gasteiger partial charge in [-0.1, -0.05) is 37.6 Å². The van der Waals surface area contributed by atoms with Gasteiger partial charge in [0, 0.05) is 11.8 Å². The standard InChI is InChI=1S/C15H15F2N/c1-2-3-4-11-5-7-12(8-6-11)13-9-14(16)15(17)18-10-13/h5-10H,2-4H2,1H3. The number of benzene rings is 1. The summed E-state index contributed by atoms with van der Waals surface area (Å²) in [5, 5.41) is 0. The van der Waals surface area contributed by atoms with Gasteiger partial charge in [-0.15, -0.1) is 0 Å². The van der Waals surface area contributed by atoms with E-state index in [0.29, 0.717) is 5.56 Å². The lowest BCUT2D eigenvalue weighted by Gasteiger charge is -2.04. The summed E-state index contributed by atoms with van der Waals surface area (Å²) in [5.41, 5.74) is 2.70. The SMILES string of the molecule is CCCCc1ccc(-c2cnc(F)c(F)c2)cc1. The van der Waals surface area contributed by atoms with Gasteiger partial charge in [-0.25, -0.2) is 9.37 Å². The third-order valence-electron chi connectivity index (χ3n) is 2.90. The Hall–Kier alpha value is -1.77. The third-order valence-corrected chi connectivity index (χ3v) is 2.90. The van der Waals surface area contributed by atoms with E-state index in [1.165, 1.54) is 17.8 Å². The Labute approximate surface area is 105 Å². The molecule has 0 aliphatic heterocycles. The van der Waals surface area contributed by atoms with Crippen molar-refractivity contribution in [2.24, 2.45) is 0 Å². The maximum absolute atomic E-state index is 13.1. The van der Waals surface area contributed by atoms with Crippen molar-refractivity contribution in [3.05, 3.63) is 53.9 Å². The summed E-state index contributed by atoms with van der Waals surface area (Å²) in [5.74, 6) is -1.97. The highest BCUT2D eigenvalue weighted by Gasteiger charge is 2.05. The molecule has 1 heterocycles. The molecule has 0 aliphatic carbocycles. The molecule has 18 heavy (non-hydrogen) atoms. The fourth-order valence-corrected chi connectivity index (χ4v) is 1.82. The second-order valence-corrected chi connectivity index (χ2v) is 4.30. The Morgan fingerprint density at radius 3 is 2.39 bits per heavy atom. The number of nitrogens with zero attached hydrogens (tertiary/aromatic N) is 1. The van der Waals surface area contributed by atoms with Crippen molar-refractivity contribution in [3.8, 4) is 11.1 Å². The van der Waals surface area contributed by atoms with Crippen molar-refractivity contribution < 1.29 is 8.78 Å². The summed E-state index contributed by atoms with van der Waals surface area (Å²) < 4.78 is 25.8. The van der Waals surface area contributed by atoms with Crippen LogP contribution >= 0.6 is 0 Å². The van der Waals surface area contributed by atoms with Crippen LogP contribution in [0.2, 0.25) is 0 Å². The lowest BCUT2D eigenvalue weighted by molar-refractivity contribution is 0.480. The van der Waals surface area contributed by atoms with Crippen LogP contribution in [0.5, 0.6) is 0 Å². The minimum absolute atomic E-state index is 0.593. The Morgan fingerprint density at radius 2 is 1.78 bits per heavy atom. The molecule has 0 amide bonds. The highest BCUT2D eigenvalue weighted by atomic mass is 19.2. The number of halogens is 2. The van der Waals surface area contributed by atoms with Gasteiger partial charge in [-0.05, 0) is 30.0 Å². The van der Waals surface area contributed by atoms with Gasteiger partial charge < -0.3 is 0 Å². The molecule has 0 radical (unpaired) electrons. The van der Waals surface area contributed by atoms with Gasteiger partial charge in [0.15, 0.2) is 5.82 Å². The average Bonchev–Trinajstić information content (AvgIpc) is 2.40. The van der Waals surface area contributed by atoms with E-state index in [0.717, 1.165) is 24.8 Å². The predicted molar refractivity (Wildman–Crippen MR) is 68.2 cm³/mol. The first-order valence-electron chi connectivity index (χ1n) is 6.11. The highest BCUT2D eigenvalue weighted by molar-refractivity contribution is 5.62. The fraction of sp³-hybridized carbons (Fsp3) is 0.267. The first kappa shape index (κ1) is 12.7. The number of aromatic nitrogens is 1. The molecule has 1 nitrogen and oxygen atoms in total. The molecule has 0 spiro atoms. The van der Waals surface area contributed by atoms with Crippen LogP contribution in [0.4, 0.5) is 8.78 Å².